The van der Waals surface area contributed by atoms with Crippen LogP contribution in [0.15, 0.2) is 70.9 Å². The van der Waals surface area contributed by atoms with Gasteiger partial charge in [0.2, 0.25) is 0 Å². The summed E-state index contributed by atoms with van der Waals surface area (Å²) >= 11 is 1.10. The molecule has 0 aliphatic heterocycles. The van der Waals surface area contributed by atoms with E-state index in [1.54, 1.807) is 48.7 Å². The summed E-state index contributed by atoms with van der Waals surface area (Å²) in [5.41, 5.74) is 0.879. The fourth-order valence-electron chi connectivity index (χ4n) is 2.50. The molecule has 3 aromatic rings. The maximum atomic E-state index is 12.7. The monoisotopic (exact) mass is 430 g/mol. The van der Waals surface area contributed by atoms with E-state index in [-0.39, 0.29) is 22.1 Å². The molecule has 29 heavy (non-hydrogen) atoms. The molecule has 0 saturated heterocycles. The Labute approximate surface area is 172 Å². The van der Waals surface area contributed by atoms with Crippen LogP contribution in [0.1, 0.15) is 27.0 Å². The first-order valence-corrected chi connectivity index (χ1v) is 11.0. The second-order valence-corrected chi connectivity index (χ2v) is 8.44. The number of hydrogen-bond acceptors (Lipinski definition) is 6. The van der Waals surface area contributed by atoms with Gasteiger partial charge < -0.3 is 10.1 Å². The molecule has 0 atom stereocenters. The van der Waals surface area contributed by atoms with Crippen LogP contribution in [0.3, 0.4) is 0 Å². The zero-order valence-electron chi connectivity index (χ0n) is 15.4. The van der Waals surface area contributed by atoms with Crippen LogP contribution < -0.4 is 10.0 Å². The molecule has 0 saturated carbocycles. The van der Waals surface area contributed by atoms with E-state index < -0.39 is 21.9 Å². The molecule has 0 bridgehead atoms. The first-order chi connectivity index (χ1) is 13.9. The molecule has 1 aromatic heterocycles. The van der Waals surface area contributed by atoms with Gasteiger partial charge in [0.15, 0.2) is 0 Å². The van der Waals surface area contributed by atoms with Gasteiger partial charge in [0.1, 0.15) is 4.88 Å². The van der Waals surface area contributed by atoms with Gasteiger partial charge in [-0.05, 0) is 48.7 Å². The highest BCUT2D eigenvalue weighted by atomic mass is 32.2. The molecule has 2 N–H and O–H groups in total. The third-order valence-electron chi connectivity index (χ3n) is 3.80. The Hall–Kier alpha value is -3.17. The van der Waals surface area contributed by atoms with Crippen LogP contribution in [-0.4, -0.2) is 26.9 Å². The number of ether oxygens (including phenoxy) is 1. The number of nitrogens with one attached hydrogen (secondary N) is 2. The predicted molar refractivity (Wildman–Crippen MR) is 112 cm³/mol. The molecule has 150 valence electrons. The summed E-state index contributed by atoms with van der Waals surface area (Å²) in [5.74, 6) is -0.984. The quantitative estimate of drug-likeness (QED) is 0.552. The van der Waals surface area contributed by atoms with Gasteiger partial charge in [-0.1, -0.05) is 24.3 Å². The fraction of sp³-hybridized carbons (Fsp3) is 0.100. The molecule has 0 aliphatic rings. The lowest BCUT2D eigenvalue weighted by atomic mass is 10.2. The number of esters is 1. The fourth-order valence-corrected chi connectivity index (χ4v) is 4.40. The van der Waals surface area contributed by atoms with Crippen LogP contribution in [0.5, 0.6) is 0 Å². The van der Waals surface area contributed by atoms with Crippen molar-refractivity contribution in [1.82, 2.24) is 0 Å². The van der Waals surface area contributed by atoms with Gasteiger partial charge in [-0.15, -0.1) is 11.3 Å². The summed E-state index contributed by atoms with van der Waals surface area (Å²) in [6.07, 6.45) is 0. The van der Waals surface area contributed by atoms with Crippen molar-refractivity contribution in [2.75, 3.05) is 16.6 Å². The molecule has 1 amide bonds. The van der Waals surface area contributed by atoms with Crippen LogP contribution in [0, 0.1) is 0 Å². The van der Waals surface area contributed by atoms with Crippen molar-refractivity contribution in [3.8, 4) is 0 Å². The van der Waals surface area contributed by atoms with Crippen LogP contribution in [0.2, 0.25) is 0 Å². The Bertz CT molecular complexity index is 1120. The van der Waals surface area contributed by atoms with E-state index in [9.17, 15) is 18.0 Å². The predicted octanol–water partition coefficient (Wildman–Crippen LogP) is 3.98. The second-order valence-electron chi connectivity index (χ2n) is 5.84. The third-order valence-corrected chi connectivity index (χ3v) is 6.10. The Balaban J connectivity index is 1.78. The maximum Gasteiger partial charge on any atom is 0.338 e. The number of amides is 1. The molecular formula is C20H18N2O5S2. The normalized spacial score (nSPS) is 10.9. The lowest BCUT2D eigenvalue weighted by molar-refractivity contribution is 0.0526. The minimum absolute atomic E-state index is 0.0969. The van der Waals surface area contributed by atoms with E-state index in [1.807, 2.05) is 0 Å². The zero-order chi connectivity index (χ0) is 20.9. The van der Waals surface area contributed by atoms with Crippen molar-refractivity contribution >= 4 is 44.6 Å². The highest BCUT2D eigenvalue weighted by Crippen LogP contribution is 2.26. The number of thiophene rings is 1. The number of rotatable bonds is 7. The topological polar surface area (TPSA) is 102 Å². The van der Waals surface area contributed by atoms with E-state index >= 15 is 0 Å². The molecule has 3 rings (SSSR count). The van der Waals surface area contributed by atoms with Crippen molar-refractivity contribution in [2.24, 2.45) is 0 Å². The van der Waals surface area contributed by atoms with Crippen LogP contribution >= 0.6 is 11.3 Å². The van der Waals surface area contributed by atoms with E-state index in [4.69, 9.17) is 4.74 Å². The Morgan fingerprint density at radius 3 is 2.52 bits per heavy atom. The summed E-state index contributed by atoms with van der Waals surface area (Å²) < 4.78 is 32.4. The van der Waals surface area contributed by atoms with E-state index in [1.165, 1.54) is 24.3 Å². The minimum atomic E-state index is -3.82. The van der Waals surface area contributed by atoms with Crippen LogP contribution in [0.25, 0.3) is 0 Å². The summed E-state index contributed by atoms with van der Waals surface area (Å²) in [6.45, 7) is 1.95. The number of carbonyl (C=O) groups excluding carboxylic acids is 2. The van der Waals surface area contributed by atoms with Crippen molar-refractivity contribution in [3.05, 3.63) is 76.5 Å². The Morgan fingerprint density at radius 2 is 1.79 bits per heavy atom. The molecule has 0 unspecified atom stereocenters. The smallest absolute Gasteiger partial charge is 0.338 e. The standard InChI is InChI=1S/C20H18N2O5S2/c1-2-27-20(24)14-7-6-8-15(13-14)21-19(23)18-17(11-12-28-18)22-29(25,26)16-9-4-3-5-10-16/h3-13,22H,2H2,1H3,(H,21,23). The van der Waals surface area contributed by atoms with Crippen molar-refractivity contribution in [1.29, 1.82) is 0 Å². The largest absolute Gasteiger partial charge is 0.462 e. The van der Waals surface area contributed by atoms with E-state index in [2.05, 4.69) is 10.0 Å². The first kappa shape index (κ1) is 20.6. The average molecular weight is 431 g/mol. The third kappa shape index (κ3) is 5.01. The van der Waals surface area contributed by atoms with Crippen LogP contribution in [0.4, 0.5) is 11.4 Å². The molecular weight excluding hydrogens is 412 g/mol. The molecule has 0 aliphatic carbocycles. The van der Waals surface area contributed by atoms with Gasteiger partial charge >= 0.3 is 5.97 Å². The summed E-state index contributed by atoms with van der Waals surface area (Å²) in [5, 5.41) is 4.29. The Morgan fingerprint density at radius 1 is 1.03 bits per heavy atom. The molecule has 9 heteroatoms. The molecule has 0 radical (unpaired) electrons. The lowest BCUT2D eigenvalue weighted by Gasteiger charge is -2.10. The second kappa shape index (κ2) is 8.89. The number of hydrogen-bond donors (Lipinski definition) is 2. The number of sulfonamides is 1. The average Bonchev–Trinajstić information content (AvgIpc) is 3.16. The minimum Gasteiger partial charge on any atom is -0.462 e. The number of anilines is 2. The highest BCUT2D eigenvalue weighted by molar-refractivity contribution is 7.92. The number of benzene rings is 2. The van der Waals surface area contributed by atoms with Gasteiger partial charge in [0.25, 0.3) is 15.9 Å². The van der Waals surface area contributed by atoms with Gasteiger partial charge in [0, 0.05) is 5.69 Å². The van der Waals surface area contributed by atoms with Gasteiger partial charge in [0.05, 0.1) is 22.8 Å². The van der Waals surface area contributed by atoms with Gasteiger partial charge in [-0.25, -0.2) is 13.2 Å². The van der Waals surface area contributed by atoms with E-state index in [0.29, 0.717) is 11.3 Å². The lowest BCUT2D eigenvalue weighted by Crippen LogP contribution is -2.17. The molecule has 1 heterocycles. The van der Waals surface area contributed by atoms with E-state index in [0.717, 1.165) is 11.3 Å². The Kier molecular flexibility index (Phi) is 6.30. The summed E-state index contributed by atoms with van der Waals surface area (Å²) in [7, 11) is -3.82. The number of carbonyl (C=O) groups is 2. The van der Waals surface area contributed by atoms with Gasteiger partial charge in [-0.3, -0.25) is 9.52 Å². The zero-order valence-corrected chi connectivity index (χ0v) is 17.0. The maximum absolute atomic E-state index is 12.7. The van der Waals surface area contributed by atoms with Crippen LogP contribution in [-0.2, 0) is 14.8 Å². The molecule has 0 fully saturated rings. The summed E-state index contributed by atoms with van der Waals surface area (Å²) in [6, 6.07) is 15.7. The van der Waals surface area contributed by atoms with Crippen molar-refractivity contribution < 1.29 is 22.7 Å². The SMILES string of the molecule is CCOC(=O)c1cccc(NC(=O)c2sccc2NS(=O)(=O)c2ccccc2)c1. The summed E-state index contributed by atoms with van der Waals surface area (Å²) in [4.78, 5) is 24.8. The van der Waals surface area contributed by atoms with Crippen molar-refractivity contribution in [3.63, 3.8) is 0 Å². The molecule has 7 nitrogen and oxygen atoms in total. The molecule has 0 spiro atoms. The highest BCUT2D eigenvalue weighted by Gasteiger charge is 2.20. The van der Waals surface area contributed by atoms with Crippen molar-refractivity contribution in [2.45, 2.75) is 11.8 Å². The first-order valence-electron chi connectivity index (χ1n) is 8.64. The van der Waals surface area contributed by atoms with Gasteiger partial charge in [-0.2, -0.15) is 0 Å². The molecule has 2 aromatic carbocycles.